The van der Waals surface area contributed by atoms with Crippen molar-refractivity contribution in [3.8, 4) is 0 Å². The van der Waals surface area contributed by atoms with E-state index < -0.39 is 16.4 Å². The Morgan fingerprint density at radius 1 is 1.55 bits per heavy atom. The van der Waals surface area contributed by atoms with Gasteiger partial charge in [0.05, 0.1) is 0 Å². The van der Waals surface area contributed by atoms with Crippen molar-refractivity contribution in [2.45, 2.75) is 0 Å². The molecule has 0 spiro atoms. The molecule has 0 aromatic heterocycles. The van der Waals surface area contributed by atoms with Gasteiger partial charge in [0.1, 0.15) is 0 Å². The first-order valence-electron chi connectivity index (χ1n) is 1.99. The largest absolute Gasteiger partial charge is 0.394 e. The van der Waals surface area contributed by atoms with Crippen LogP contribution in [0.3, 0.4) is 0 Å². The molecule has 0 radical (unpaired) electrons. The van der Waals surface area contributed by atoms with Crippen molar-refractivity contribution in [3.63, 3.8) is 0 Å². The molecule has 8 heteroatoms. The van der Waals surface area contributed by atoms with E-state index in [9.17, 15) is 4.79 Å². The van der Waals surface area contributed by atoms with Crippen LogP contribution in [0.1, 0.15) is 0 Å². The molecule has 0 heterocycles. The van der Waals surface area contributed by atoms with E-state index in [0.29, 0.717) is 0 Å². The molecule has 2 N–H and O–H groups in total. The van der Waals surface area contributed by atoms with Crippen LogP contribution in [0.5, 0.6) is 0 Å². The zero-order chi connectivity index (χ0) is 9.49. The summed E-state index contributed by atoms with van der Waals surface area (Å²) in [6, 6.07) is 0. The molecule has 66 valence electrons. The molecule has 0 atom stereocenters. The molecule has 0 saturated carbocycles. The molecule has 0 aromatic carbocycles. The number of carbonyl (C=O) groups is 1. The Kier molecular flexibility index (Phi) is 7.31. The second-order valence-corrected chi connectivity index (χ2v) is 2.14. The number of hydrogen-bond acceptors (Lipinski definition) is 5. The summed E-state index contributed by atoms with van der Waals surface area (Å²) >= 11 is 3.17. The molecule has 0 aliphatic carbocycles. The summed E-state index contributed by atoms with van der Waals surface area (Å²) in [4.78, 5) is 9.76. The lowest BCUT2D eigenvalue weighted by Crippen LogP contribution is -1.89. The molecule has 11 heavy (non-hydrogen) atoms. The van der Waals surface area contributed by atoms with Gasteiger partial charge in [-0.25, -0.2) is 4.79 Å². The van der Waals surface area contributed by atoms with Gasteiger partial charge in [0.2, 0.25) is 0 Å². The highest BCUT2D eigenvalue weighted by Crippen LogP contribution is 1.78. The predicted molar refractivity (Wildman–Crippen MR) is 39.5 cm³/mol. The second-order valence-electron chi connectivity index (χ2n) is 1.06. The SMILES string of the molecule is C=CC(=O)OS.O=S(=O)(O)O. The predicted octanol–water partition coefficient (Wildman–Crippen LogP) is -0.0924. The molecule has 0 unspecified atom stereocenters. The van der Waals surface area contributed by atoms with Crippen molar-refractivity contribution in [3.05, 3.63) is 12.7 Å². The van der Waals surface area contributed by atoms with Crippen LogP contribution in [0.25, 0.3) is 0 Å². The Hall–Kier alpha value is -0.570. The summed E-state index contributed by atoms with van der Waals surface area (Å²) in [7, 11) is -4.67. The third kappa shape index (κ3) is 44.2. The minimum absolute atomic E-state index is 0.529. The summed E-state index contributed by atoms with van der Waals surface area (Å²) in [5.41, 5.74) is 0. The Labute approximate surface area is 69.1 Å². The highest BCUT2D eigenvalue weighted by Gasteiger charge is 1.84. The van der Waals surface area contributed by atoms with E-state index in [-0.39, 0.29) is 0 Å². The zero-order valence-electron chi connectivity index (χ0n) is 5.17. The van der Waals surface area contributed by atoms with Crippen LogP contribution in [-0.2, 0) is 19.4 Å². The van der Waals surface area contributed by atoms with Gasteiger partial charge in [-0.1, -0.05) is 6.58 Å². The monoisotopic (exact) mass is 202 g/mol. The van der Waals surface area contributed by atoms with Gasteiger partial charge in [-0.05, 0) is 0 Å². The van der Waals surface area contributed by atoms with Gasteiger partial charge < -0.3 is 4.18 Å². The van der Waals surface area contributed by atoms with Crippen LogP contribution in [0.15, 0.2) is 12.7 Å². The minimum Gasteiger partial charge on any atom is -0.391 e. The van der Waals surface area contributed by atoms with E-state index in [4.69, 9.17) is 17.5 Å². The molecule has 0 fully saturated rings. The maximum atomic E-state index is 9.76. The molecular weight excluding hydrogens is 196 g/mol. The van der Waals surface area contributed by atoms with Gasteiger partial charge in [-0.3, -0.25) is 9.11 Å². The summed E-state index contributed by atoms with van der Waals surface area (Å²) in [5.74, 6) is -0.529. The summed E-state index contributed by atoms with van der Waals surface area (Å²) < 4.78 is 35.4. The molecule has 0 bridgehead atoms. The topological polar surface area (TPSA) is 101 Å². The van der Waals surface area contributed by atoms with Crippen molar-refractivity contribution in [1.29, 1.82) is 0 Å². The maximum absolute atomic E-state index is 9.76. The lowest BCUT2D eigenvalue weighted by Gasteiger charge is -1.80. The van der Waals surface area contributed by atoms with E-state index >= 15 is 0 Å². The van der Waals surface area contributed by atoms with Gasteiger partial charge in [0.15, 0.2) is 0 Å². The molecule has 0 aromatic rings. The molecule has 0 saturated heterocycles. The summed E-state index contributed by atoms with van der Waals surface area (Å²) in [6.45, 7) is 3.11. The van der Waals surface area contributed by atoms with E-state index in [1.807, 2.05) is 0 Å². The molecular formula is C3H6O6S2. The van der Waals surface area contributed by atoms with Crippen molar-refractivity contribution >= 4 is 29.3 Å². The number of thiol groups is 1. The van der Waals surface area contributed by atoms with E-state index in [1.165, 1.54) is 0 Å². The Morgan fingerprint density at radius 3 is 1.82 bits per heavy atom. The minimum atomic E-state index is -4.67. The highest BCUT2D eigenvalue weighted by atomic mass is 32.3. The normalized spacial score (nSPS) is 9.00. The Bertz CT molecular complexity index is 208. The lowest BCUT2D eigenvalue weighted by molar-refractivity contribution is -0.127. The number of rotatable bonds is 1. The van der Waals surface area contributed by atoms with Crippen LogP contribution in [0.4, 0.5) is 0 Å². The van der Waals surface area contributed by atoms with Crippen molar-refractivity contribution in [2.24, 2.45) is 0 Å². The van der Waals surface area contributed by atoms with Gasteiger partial charge in [-0.15, -0.1) is 0 Å². The first kappa shape index (κ1) is 13.1. The third-order valence-electron chi connectivity index (χ3n) is 0.257. The average molecular weight is 202 g/mol. The third-order valence-corrected chi connectivity index (χ3v) is 0.437. The first-order chi connectivity index (χ1) is 4.81. The fourth-order valence-electron chi connectivity index (χ4n) is 0.0373. The quantitative estimate of drug-likeness (QED) is 0.238. The smallest absolute Gasteiger partial charge is 0.391 e. The van der Waals surface area contributed by atoms with Crippen LogP contribution < -0.4 is 0 Å². The van der Waals surface area contributed by atoms with Crippen LogP contribution >= 0.6 is 12.9 Å². The first-order valence-corrected chi connectivity index (χ1v) is 3.75. The zero-order valence-corrected chi connectivity index (χ0v) is 6.88. The van der Waals surface area contributed by atoms with Crippen molar-refractivity contribution in [2.75, 3.05) is 0 Å². The van der Waals surface area contributed by atoms with E-state index in [0.717, 1.165) is 6.08 Å². The van der Waals surface area contributed by atoms with Crippen molar-refractivity contribution in [1.82, 2.24) is 0 Å². The van der Waals surface area contributed by atoms with E-state index in [2.05, 4.69) is 23.7 Å². The maximum Gasteiger partial charge on any atom is 0.394 e. The summed E-state index contributed by atoms with van der Waals surface area (Å²) in [5, 5.41) is 0. The average Bonchev–Trinajstić information content (AvgIpc) is 1.83. The fourth-order valence-corrected chi connectivity index (χ4v) is 0.112. The van der Waals surface area contributed by atoms with Gasteiger partial charge in [-0.2, -0.15) is 8.42 Å². The standard InChI is InChI=1S/C3H4O2S.H2O4S/c1-2-3(4)5-6;1-5(2,3)4/h2,6H,1H2;(H2,1,2,3,4). The summed E-state index contributed by atoms with van der Waals surface area (Å²) in [6.07, 6.45) is 1.03. The number of carbonyl (C=O) groups excluding carboxylic acids is 1. The Balaban J connectivity index is 0. The van der Waals surface area contributed by atoms with Gasteiger partial charge in [0.25, 0.3) is 0 Å². The lowest BCUT2D eigenvalue weighted by atomic mass is 10.7. The Morgan fingerprint density at radius 2 is 1.82 bits per heavy atom. The highest BCUT2D eigenvalue weighted by molar-refractivity contribution is 7.79. The second kappa shape index (κ2) is 6.16. The van der Waals surface area contributed by atoms with Crippen LogP contribution in [0.2, 0.25) is 0 Å². The molecule has 0 aliphatic heterocycles. The molecule has 6 nitrogen and oxygen atoms in total. The van der Waals surface area contributed by atoms with Gasteiger partial charge in [0, 0.05) is 19.0 Å². The van der Waals surface area contributed by atoms with Crippen molar-refractivity contribution < 1.29 is 26.5 Å². The molecule has 0 aliphatic rings. The van der Waals surface area contributed by atoms with Crippen LogP contribution in [-0.4, -0.2) is 23.5 Å². The van der Waals surface area contributed by atoms with Gasteiger partial charge >= 0.3 is 16.4 Å². The van der Waals surface area contributed by atoms with Crippen LogP contribution in [0, 0.1) is 0 Å². The fraction of sp³-hybridized carbons (Fsp3) is 0. The number of hydrogen-bond donors (Lipinski definition) is 3. The molecule has 0 amide bonds. The molecule has 0 rings (SSSR count). The van der Waals surface area contributed by atoms with E-state index in [1.54, 1.807) is 0 Å².